The summed E-state index contributed by atoms with van der Waals surface area (Å²) in [5, 5.41) is 3.04. The fourth-order valence-corrected chi connectivity index (χ4v) is 4.59. The van der Waals surface area contributed by atoms with Crippen molar-refractivity contribution in [3.8, 4) is 0 Å². The summed E-state index contributed by atoms with van der Waals surface area (Å²) in [4.78, 5) is 29.8. The van der Waals surface area contributed by atoms with E-state index >= 15 is 0 Å². The Morgan fingerprint density at radius 3 is 2.18 bits per heavy atom. The number of carbonyl (C=O) groups is 2. The minimum Gasteiger partial charge on any atom is -0.352 e. The average molecular weight is 475 g/mol. The highest BCUT2D eigenvalue weighted by molar-refractivity contribution is 8.00. The van der Waals surface area contributed by atoms with Crippen LogP contribution in [0.15, 0.2) is 83.8 Å². The first-order chi connectivity index (χ1) is 16.3. The number of hydrogen-bond donors (Lipinski definition) is 1. The predicted octanol–water partition coefficient (Wildman–Crippen LogP) is 5.56. The number of nitrogens with one attached hydrogen (secondary N) is 1. The zero-order valence-corrected chi connectivity index (χ0v) is 21.3. The number of nitrogens with zero attached hydrogens (tertiary/aromatic N) is 1. The summed E-state index contributed by atoms with van der Waals surface area (Å²) in [7, 11) is 0. The molecule has 0 radical (unpaired) electrons. The first-order valence-corrected chi connectivity index (χ1v) is 12.7. The third-order valence-electron chi connectivity index (χ3n) is 5.52. The lowest BCUT2D eigenvalue weighted by Crippen LogP contribution is -2.52. The Labute approximate surface area is 207 Å². The van der Waals surface area contributed by atoms with Gasteiger partial charge in [0.1, 0.15) is 6.04 Å². The summed E-state index contributed by atoms with van der Waals surface area (Å²) in [5.74, 6) is 0.0990. The second-order valence-corrected chi connectivity index (χ2v) is 10.0. The van der Waals surface area contributed by atoms with E-state index in [9.17, 15) is 9.59 Å². The summed E-state index contributed by atoms with van der Waals surface area (Å²) >= 11 is 1.51. The second-order valence-electron chi connectivity index (χ2n) is 8.98. The van der Waals surface area contributed by atoms with Crippen LogP contribution < -0.4 is 5.32 Å². The molecule has 34 heavy (non-hydrogen) atoms. The summed E-state index contributed by atoms with van der Waals surface area (Å²) in [6.45, 7) is 8.35. The third kappa shape index (κ3) is 7.77. The molecule has 1 N–H and O–H groups in total. The van der Waals surface area contributed by atoms with Crippen LogP contribution >= 0.6 is 11.8 Å². The standard InChI is InChI=1S/C29H34N2O2S/c1-21(2)30-29(33)27(18-24-10-6-5-7-11-24)31(19-25-12-8-9-23(4)17-25)28(32)20-34-26-15-13-22(3)14-16-26/h5-17,21,27H,18-20H2,1-4H3,(H,30,33). The topological polar surface area (TPSA) is 49.4 Å². The first kappa shape index (κ1) is 25.6. The average Bonchev–Trinajstić information content (AvgIpc) is 2.81. The number of thioether (sulfide) groups is 1. The Kier molecular flexibility index (Phi) is 9.34. The number of amides is 2. The highest BCUT2D eigenvalue weighted by Crippen LogP contribution is 2.22. The minimum atomic E-state index is -0.601. The van der Waals surface area contributed by atoms with Crippen molar-refractivity contribution in [2.45, 2.75) is 57.6 Å². The van der Waals surface area contributed by atoms with Crippen molar-refractivity contribution >= 4 is 23.6 Å². The van der Waals surface area contributed by atoms with Crippen molar-refractivity contribution in [3.63, 3.8) is 0 Å². The minimum absolute atomic E-state index is 0.0105. The molecule has 3 rings (SSSR count). The van der Waals surface area contributed by atoms with E-state index in [2.05, 4.69) is 11.4 Å². The third-order valence-corrected chi connectivity index (χ3v) is 6.52. The summed E-state index contributed by atoms with van der Waals surface area (Å²) < 4.78 is 0. The predicted molar refractivity (Wildman–Crippen MR) is 141 cm³/mol. The van der Waals surface area contributed by atoms with Gasteiger partial charge < -0.3 is 10.2 Å². The van der Waals surface area contributed by atoms with Crippen LogP contribution in [-0.2, 0) is 22.6 Å². The monoisotopic (exact) mass is 474 g/mol. The largest absolute Gasteiger partial charge is 0.352 e. The van der Waals surface area contributed by atoms with Gasteiger partial charge in [-0.2, -0.15) is 0 Å². The Balaban J connectivity index is 1.90. The lowest BCUT2D eigenvalue weighted by Gasteiger charge is -2.32. The van der Waals surface area contributed by atoms with Crippen LogP contribution in [0.1, 0.15) is 36.1 Å². The van der Waals surface area contributed by atoms with Gasteiger partial charge in [-0.3, -0.25) is 9.59 Å². The van der Waals surface area contributed by atoms with Crippen molar-refractivity contribution in [1.82, 2.24) is 10.2 Å². The fraction of sp³-hybridized carbons (Fsp3) is 0.310. The van der Waals surface area contributed by atoms with Crippen molar-refractivity contribution < 1.29 is 9.59 Å². The molecule has 0 aliphatic rings. The number of aryl methyl sites for hydroxylation is 2. The maximum absolute atomic E-state index is 13.6. The van der Waals surface area contributed by atoms with E-state index in [4.69, 9.17) is 0 Å². The van der Waals surface area contributed by atoms with Gasteiger partial charge in [-0.15, -0.1) is 11.8 Å². The number of rotatable bonds is 10. The molecule has 0 aromatic heterocycles. The maximum Gasteiger partial charge on any atom is 0.243 e. The van der Waals surface area contributed by atoms with Gasteiger partial charge in [-0.05, 0) is 51.0 Å². The summed E-state index contributed by atoms with van der Waals surface area (Å²) in [5.41, 5.74) is 4.36. The Hall–Kier alpha value is -3.05. The van der Waals surface area contributed by atoms with Gasteiger partial charge in [0.05, 0.1) is 5.75 Å². The zero-order chi connectivity index (χ0) is 24.5. The van der Waals surface area contributed by atoms with Crippen LogP contribution in [0, 0.1) is 13.8 Å². The van der Waals surface area contributed by atoms with Gasteiger partial charge in [0.15, 0.2) is 0 Å². The zero-order valence-electron chi connectivity index (χ0n) is 20.5. The molecule has 4 nitrogen and oxygen atoms in total. The Morgan fingerprint density at radius 2 is 1.53 bits per heavy atom. The fourth-order valence-electron chi connectivity index (χ4n) is 3.80. The molecule has 0 aliphatic heterocycles. The van der Waals surface area contributed by atoms with E-state index in [1.54, 1.807) is 4.90 Å². The molecule has 0 saturated carbocycles. The van der Waals surface area contributed by atoms with E-state index in [0.717, 1.165) is 21.6 Å². The van der Waals surface area contributed by atoms with Gasteiger partial charge in [0.2, 0.25) is 11.8 Å². The lowest BCUT2D eigenvalue weighted by molar-refractivity contribution is -0.139. The number of benzene rings is 3. The molecule has 0 spiro atoms. The molecule has 2 amide bonds. The van der Waals surface area contributed by atoms with E-state index < -0.39 is 6.04 Å². The number of hydrogen-bond acceptors (Lipinski definition) is 3. The van der Waals surface area contributed by atoms with Crippen LogP contribution in [0.2, 0.25) is 0 Å². The lowest BCUT2D eigenvalue weighted by atomic mass is 10.0. The highest BCUT2D eigenvalue weighted by Gasteiger charge is 2.30. The van der Waals surface area contributed by atoms with Gasteiger partial charge in [0.25, 0.3) is 0 Å². The molecule has 3 aromatic rings. The van der Waals surface area contributed by atoms with Crippen molar-refractivity contribution in [2.24, 2.45) is 0 Å². The molecule has 3 aromatic carbocycles. The van der Waals surface area contributed by atoms with Crippen molar-refractivity contribution in [3.05, 3.63) is 101 Å². The molecule has 0 fully saturated rings. The van der Waals surface area contributed by atoms with Crippen molar-refractivity contribution in [1.29, 1.82) is 0 Å². The molecule has 1 unspecified atom stereocenters. The molecule has 0 aliphatic carbocycles. The molecule has 0 heterocycles. The van der Waals surface area contributed by atoms with Gasteiger partial charge in [-0.1, -0.05) is 77.9 Å². The van der Waals surface area contributed by atoms with Crippen LogP contribution in [0.25, 0.3) is 0 Å². The maximum atomic E-state index is 13.6. The first-order valence-electron chi connectivity index (χ1n) is 11.7. The number of carbonyl (C=O) groups excluding carboxylic acids is 2. The van der Waals surface area contributed by atoms with Gasteiger partial charge >= 0.3 is 0 Å². The quantitative estimate of drug-likeness (QED) is 0.391. The molecular weight excluding hydrogens is 440 g/mol. The molecular formula is C29H34N2O2S. The second kappa shape index (κ2) is 12.4. The van der Waals surface area contributed by atoms with Gasteiger partial charge in [0, 0.05) is 23.9 Å². The Bertz CT molecular complexity index is 1080. The van der Waals surface area contributed by atoms with Crippen LogP contribution in [0.5, 0.6) is 0 Å². The van der Waals surface area contributed by atoms with Crippen LogP contribution in [0.3, 0.4) is 0 Å². The molecule has 0 saturated heterocycles. The summed E-state index contributed by atoms with van der Waals surface area (Å²) in [6.07, 6.45) is 0.464. The SMILES string of the molecule is Cc1ccc(SCC(=O)N(Cc2cccc(C)c2)C(Cc2ccccc2)C(=O)NC(C)C)cc1. The van der Waals surface area contributed by atoms with Crippen LogP contribution in [0.4, 0.5) is 0 Å². The smallest absolute Gasteiger partial charge is 0.243 e. The molecule has 5 heteroatoms. The van der Waals surface area contributed by atoms with E-state index in [1.807, 2.05) is 100 Å². The highest BCUT2D eigenvalue weighted by atomic mass is 32.2. The van der Waals surface area contributed by atoms with Crippen LogP contribution in [-0.4, -0.2) is 34.6 Å². The Morgan fingerprint density at radius 1 is 0.853 bits per heavy atom. The normalized spacial score (nSPS) is 11.8. The molecule has 178 valence electrons. The van der Waals surface area contributed by atoms with E-state index in [1.165, 1.54) is 17.3 Å². The molecule has 0 bridgehead atoms. The van der Waals surface area contributed by atoms with E-state index in [0.29, 0.717) is 13.0 Å². The molecule has 1 atom stereocenters. The van der Waals surface area contributed by atoms with Crippen molar-refractivity contribution in [2.75, 3.05) is 5.75 Å². The van der Waals surface area contributed by atoms with Gasteiger partial charge in [-0.25, -0.2) is 0 Å². The van der Waals surface area contributed by atoms with E-state index in [-0.39, 0.29) is 23.6 Å². The summed E-state index contributed by atoms with van der Waals surface area (Å²) in [6, 6.07) is 25.6.